The van der Waals surface area contributed by atoms with E-state index in [9.17, 15) is 33.4 Å². The smallest absolute Gasteiger partial charge is 0.314 e. The van der Waals surface area contributed by atoms with Crippen molar-refractivity contribution in [1.29, 1.82) is 0 Å². The second-order valence-corrected chi connectivity index (χ2v) is 4.73. The van der Waals surface area contributed by atoms with Crippen LogP contribution in [-0.4, -0.2) is 27.9 Å². The quantitative estimate of drug-likeness (QED) is 0.554. The van der Waals surface area contributed by atoms with Gasteiger partial charge in [0, 0.05) is 11.3 Å². The molecule has 1 unspecified atom stereocenters. The van der Waals surface area contributed by atoms with E-state index in [1.165, 1.54) is 6.92 Å². The predicted octanol–water partition coefficient (Wildman–Crippen LogP) is 2.01. The van der Waals surface area contributed by atoms with Crippen LogP contribution in [0.2, 0.25) is 0 Å². The first-order valence-corrected chi connectivity index (χ1v) is 6.04. The van der Waals surface area contributed by atoms with Gasteiger partial charge in [0.15, 0.2) is 0 Å². The van der Waals surface area contributed by atoms with Gasteiger partial charge in [0.05, 0.1) is 5.69 Å². The zero-order chi connectivity index (χ0) is 16.2. The fraction of sp³-hybridized carbons (Fsp3) is 0.625. The Morgan fingerprint density at radius 1 is 1.33 bits per heavy atom. The molecule has 0 saturated carbocycles. The molecule has 0 radical (unpaired) electrons. The summed E-state index contributed by atoms with van der Waals surface area (Å²) in [6, 6.07) is 0. The minimum Gasteiger partial charge on any atom is -0.314 e. The van der Waals surface area contributed by atoms with E-state index in [2.05, 4.69) is 14.7 Å². The van der Waals surface area contributed by atoms with Crippen LogP contribution in [0.4, 0.5) is 13.2 Å². The number of aryl methyl sites for hydroxylation is 1. The van der Waals surface area contributed by atoms with Gasteiger partial charge in [-0.1, -0.05) is 0 Å². The van der Waals surface area contributed by atoms with E-state index in [4.69, 9.17) is 0 Å². The highest BCUT2D eigenvalue weighted by molar-refractivity contribution is 7.11. The second kappa shape index (κ2) is 6.51. The van der Waals surface area contributed by atoms with Gasteiger partial charge in [0.2, 0.25) is 0 Å². The summed E-state index contributed by atoms with van der Waals surface area (Å²) in [6.45, 7) is 1.02. The maximum absolute atomic E-state index is 12.7. The first-order chi connectivity index (χ1) is 9.61. The van der Waals surface area contributed by atoms with Gasteiger partial charge in [-0.15, -0.1) is 31.6 Å². The molecule has 0 fully saturated rings. The van der Waals surface area contributed by atoms with Crippen molar-refractivity contribution in [3.05, 3.63) is 35.8 Å². The van der Waals surface area contributed by atoms with E-state index in [1.807, 2.05) is 0 Å². The van der Waals surface area contributed by atoms with Crippen LogP contribution in [0.15, 0.2) is 0 Å². The number of aromatic nitrogens is 1. The molecule has 0 aromatic carbocycles. The summed E-state index contributed by atoms with van der Waals surface area (Å²) in [6.07, 6.45) is -7.85. The van der Waals surface area contributed by atoms with Crippen molar-refractivity contribution in [2.75, 3.05) is 6.61 Å². The number of alkyl halides is 3. The van der Waals surface area contributed by atoms with Crippen LogP contribution < -0.4 is 0 Å². The van der Waals surface area contributed by atoms with Crippen molar-refractivity contribution in [2.24, 2.45) is 0 Å². The lowest BCUT2D eigenvalue weighted by molar-refractivity contribution is -0.778. The summed E-state index contributed by atoms with van der Waals surface area (Å²) in [4.78, 5) is 31.6. The minimum atomic E-state index is -5.01. The molecule has 0 N–H and O–H groups in total. The average Bonchev–Trinajstić information content (AvgIpc) is 2.65. The third-order valence-corrected chi connectivity index (χ3v) is 3.41. The molecular formula is C8H8F3N3O6S. The number of hydrogen-bond donors (Lipinski definition) is 0. The molecule has 21 heavy (non-hydrogen) atoms. The molecule has 1 atom stereocenters. The summed E-state index contributed by atoms with van der Waals surface area (Å²) < 4.78 is 38.1. The van der Waals surface area contributed by atoms with Crippen LogP contribution in [0.5, 0.6) is 0 Å². The standard InChI is InChI=1S/C8H8F3N3O6S/c1-4-5(2-3-19-13(15)16)21-7(12-4)6(8(9,10)11)20-14(17)18/h6H,2-3H2,1H3. The Balaban J connectivity index is 2.90. The number of halogens is 3. The Bertz CT molecular complexity index is 534. The molecule has 1 aromatic rings. The molecule has 0 aliphatic heterocycles. The number of hydrogen-bond acceptors (Lipinski definition) is 8. The molecule has 0 bridgehead atoms. The van der Waals surface area contributed by atoms with Crippen LogP contribution >= 0.6 is 11.3 Å². The molecule has 118 valence electrons. The lowest BCUT2D eigenvalue weighted by Gasteiger charge is -2.15. The summed E-state index contributed by atoms with van der Waals surface area (Å²) >= 11 is 0.525. The van der Waals surface area contributed by atoms with E-state index >= 15 is 0 Å². The normalized spacial score (nSPS) is 12.8. The Kier molecular flexibility index (Phi) is 5.23. The minimum absolute atomic E-state index is 0.0481. The fourth-order valence-electron chi connectivity index (χ4n) is 1.34. The number of rotatable bonds is 7. The molecule has 0 saturated heterocycles. The Morgan fingerprint density at radius 2 is 1.95 bits per heavy atom. The largest absolute Gasteiger partial charge is 0.421 e. The molecule has 0 spiro atoms. The fourth-order valence-corrected chi connectivity index (χ4v) is 2.44. The van der Waals surface area contributed by atoms with Gasteiger partial charge in [0.1, 0.15) is 11.6 Å². The van der Waals surface area contributed by atoms with Crippen molar-refractivity contribution in [3.63, 3.8) is 0 Å². The maximum Gasteiger partial charge on any atom is 0.421 e. The van der Waals surface area contributed by atoms with Crippen LogP contribution in [0.1, 0.15) is 21.7 Å². The number of nitrogens with zero attached hydrogens (tertiary/aromatic N) is 3. The third kappa shape index (κ3) is 5.02. The molecule has 0 aliphatic carbocycles. The van der Waals surface area contributed by atoms with E-state index in [-0.39, 0.29) is 23.6 Å². The van der Waals surface area contributed by atoms with Crippen molar-refractivity contribution >= 4 is 11.3 Å². The second-order valence-electron chi connectivity index (χ2n) is 3.62. The monoisotopic (exact) mass is 331 g/mol. The van der Waals surface area contributed by atoms with Crippen molar-refractivity contribution in [2.45, 2.75) is 25.6 Å². The van der Waals surface area contributed by atoms with Crippen LogP contribution in [0, 0.1) is 27.2 Å². The zero-order valence-corrected chi connectivity index (χ0v) is 11.1. The highest BCUT2D eigenvalue weighted by Crippen LogP contribution is 2.38. The lowest BCUT2D eigenvalue weighted by atomic mass is 10.3. The highest BCUT2D eigenvalue weighted by Gasteiger charge is 2.46. The van der Waals surface area contributed by atoms with E-state index in [1.54, 1.807) is 0 Å². The van der Waals surface area contributed by atoms with Gasteiger partial charge in [-0.2, -0.15) is 13.2 Å². The van der Waals surface area contributed by atoms with Crippen molar-refractivity contribution < 1.29 is 33.0 Å². The predicted molar refractivity (Wildman–Crippen MR) is 60.4 cm³/mol. The molecule has 1 rings (SSSR count). The maximum atomic E-state index is 12.7. The Morgan fingerprint density at radius 3 is 2.43 bits per heavy atom. The number of thiazole rings is 1. The van der Waals surface area contributed by atoms with E-state index < -0.39 is 27.5 Å². The first kappa shape index (κ1) is 16.9. The lowest BCUT2D eigenvalue weighted by Crippen LogP contribution is -2.25. The topological polar surface area (TPSA) is 118 Å². The third-order valence-electron chi connectivity index (χ3n) is 2.15. The summed E-state index contributed by atoms with van der Waals surface area (Å²) in [5, 5.41) is 16.9. The van der Waals surface area contributed by atoms with Gasteiger partial charge in [-0.05, 0) is 6.92 Å². The average molecular weight is 331 g/mol. The van der Waals surface area contributed by atoms with Crippen LogP contribution in [0.25, 0.3) is 0 Å². The molecular weight excluding hydrogens is 323 g/mol. The molecule has 0 aliphatic rings. The van der Waals surface area contributed by atoms with E-state index in [0.29, 0.717) is 11.3 Å². The molecule has 0 amide bonds. The summed E-state index contributed by atoms with van der Waals surface area (Å²) in [7, 11) is 0. The van der Waals surface area contributed by atoms with Gasteiger partial charge in [-0.3, -0.25) is 4.84 Å². The Hall–Kier alpha value is -2.18. The van der Waals surface area contributed by atoms with Crippen molar-refractivity contribution in [3.8, 4) is 0 Å². The van der Waals surface area contributed by atoms with Crippen LogP contribution in [-0.2, 0) is 16.1 Å². The van der Waals surface area contributed by atoms with E-state index in [0.717, 1.165) is 0 Å². The molecule has 1 heterocycles. The van der Waals surface area contributed by atoms with Gasteiger partial charge in [-0.25, -0.2) is 4.98 Å². The summed E-state index contributed by atoms with van der Waals surface area (Å²) in [5.41, 5.74) is 0.170. The zero-order valence-electron chi connectivity index (χ0n) is 10.3. The van der Waals surface area contributed by atoms with Gasteiger partial charge < -0.3 is 4.84 Å². The Labute approximate surface area is 118 Å². The summed E-state index contributed by atoms with van der Waals surface area (Å²) in [5.74, 6) is 0. The molecule has 1 aromatic heterocycles. The van der Waals surface area contributed by atoms with Crippen LogP contribution in [0.3, 0.4) is 0 Å². The van der Waals surface area contributed by atoms with Gasteiger partial charge >= 0.3 is 6.18 Å². The van der Waals surface area contributed by atoms with Gasteiger partial charge in [0.25, 0.3) is 16.3 Å². The molecule has 13 heteroatoms. The highest BCUT2D eigenvalue weighted by atomic mass is 32.1. The first-order valence-electron chi connectivity index (χ1n) is 5.22. The SMILES string of the molecule is Cc1nc(C(O[N+](=O)[O-])C(F)(F)F)sc1CCO[N+](=O)[O-]. The van der Waals surface area contributed by atoms with Crippen molar-refractivity contribution in [1.82, 2.24) is 4.98 Å². The molecule has 9 nitrogen and oxygen atoms in total.